The van der Waals surface area contributed by atoms with E-state index in [1.807, 2.05) is 0 Å². The molecule has 1 fully saturated rings. The molecule has 0 aliphatic carbocycles. The summed E-state index contributed by atoms with van der Waals surface area (Å²) in [6, 6.07) is 4.81. The first-order valence-corrected chi connectivity index (χ1v) is 8.48. The van der Waals surface area contributed by atoms with Crippen molar-refractivity contribution in [2.24, 2.45) is 5.41 Å². The van der Waals surface area contributed by atoms with Crippen LogP contribution in [-0.2, 0) is 19.1 Å². The van der Waals surface area contributed by atoms with E-state index in [2.05, 4.69) is 5.32 Å². The van der Waals surface area contributed by atoms with Crippen LogP contribution in [0.25, 0.3) is 0 Å². The molecule has 0 spiro atoms. The average Bonchev–Trinajstić information content (AvgIpc) is 2.86. The van der Waals surface area contributed by atoms with Crippen molar-refractivity contribution in [3.05, 3.63) is 35.6 Å². The van der Waals surface area contributed by atoms with Gasteiger partial charge in [-0.25, -0.2) is 4.39 Å². The van der Waals surface area contributed by atoms with Gasteiger partial charge in [0.25, 0.3) is 0 Å². The number of carbonyl (C=O) groups excluding carboxylic acids is 2. The molecule has 0 aromatic heterocycles. The molecular weight excluding hydrogens is 325 g/mol. The normalized spacial score (nSPS) is 26.3. The highest BCUT2D eigenvalue weighted by molar-refractivity contribution is 5.83. The molecule has 0 radical (unpaired) electrons. The van der Waals surface area contributed by atoms with Crippen LogP contribution in [0.5, 0.6) is 0 Å². The summed E-state index contributed by atoms with van der Waals surface area (Å²) in [7, 11) is 0. The number of halogens is 1. The van der Waals surface area contributed by atoms with Crippen molar-refractivity contribution in [1.29, 1.82) is 0 Å². The minimum absolute atomic E-state index is 0.253. The first kappa shape index (κ1) is 19.4. The predicted molar refractivity (Wildman–Crippen MR) is 91.3 cm³/mol. The van der Waals surface area contributed by atoms with Gasteiger partial charge in [0.15, 0.2) is 0 Å². The zero-order valence-corrected chi connectivity index (χ0v) is 15.4. The lowest BCUT2D eigenvalue weighted by Crippen LogP contribution is -2.39. The van der Waals surface area contributed by atoms with Crippen molar-refractivity contribution in [3.8, 4) is 0 Å². The second-order valence-electron chi connectivity index (χ2n) is 7.58. The molecule has 1 aliphatic rings. The van der Waals surface area contributed by atoms with Crippen molar-refractivity contribution >= 4 is 11.9 Å². The van der Waals surface area contributed by atoms with E-state index in [0.29, 0.717) is 0 Å². The Bertz CT molecular complexity index is 638. The molecule has 5 nitrogen and oxygen atoms in total. The number of benzene rings is 1. The Morgan fingerprint density at radius 2 is 1.88 bits per heavy atom. The van der Waals surface area contributed by atoms with Crippen LogP contribution >= 0.6 is 0 Å². The Morgan fingerprint density at radius 1 is 1.28 bits per heavy atom. The zero-order valence-electron chi connectivity index (χ0n) is 15.4. The van der Waals surface area contributed by atoms with Crippen LogP contribution in [0.4, 0.5) is 4.39 Å². The van der Waals surface area contributed by atoms with Gasteiger partial charge in [-0.3, -0.25) is 14.9 Å². The van der Waals surface area contributed by atoms with Crippen LogP contribution in [0.2, 0.25) is 0 Å². The molecule has 1 aromatic rings. The van der Waals surface area contributed by atoms with E-state index in [1.54, 1.807) is 46.8 Å². The Morgan fingerprint density at radius 3 is 2.40 bits per heavy atom. The summed E-state index contributed by atoms with van der Waals surface area (Å²) in [4.78, 5) is 25.0. The third kappa shape index (κ3) is 4.37. The lowest BCUT2D eigenvalue weighted by Gasteiger charge is -2.32. The van der Waals surface area contributed by atoms with Gasteiger partial charge >= 0.3 is 11.9 Å². The highest BCUT2D eigenvalue weighted by Crippen LogP contribution is 2.45. The van der Waals surface area contributed by atoms with E-state index in [4.69, 9.17) is 9.47 Å². The van der Waals surface area contributed by atoms with Gasteiger partial charge < -0.3 is 9.47 Å². The SMILES string of the molecule is CCOC(=O)[C@@H]1C[C@](C)(C(=O)OC(C)(C)C)[C@H](c2ccc(F)cc2)N1. The van der Waals surface area contributed by atoms with Crippen LogP contribution < -0.4 is 5.32 Å². The van der Waals surface area contributed by atoms with E-state index in [9.17, 15) is 14.0 Å². The topological polar surface area (TPSA) is 64.6 Å². The summed E-state index contributed by atoms with van der Waals surface area (Å²) < 4.78 is 23.9. The highest BCUT2D eigenvalue weighted by atomic mass is 19.1. The highest BCUT2D eigenvalue weighted by Gasteiger charge is 2.53. The maximum absolute atomic E-state index is 13.3. The Labute approximate surface area is 147 Å². The Kier molecular flexibility index (Phi) is 5.52. The summed E-state index contributed by atoms with van der Waals surface area (Å²) >= 11 is 0. The molecule has 6 heteroatoms. The summed E-state index contributed by atoms with van der Waals surface area (Å²) in [6.07, 6.45) is 0.253. The van der Waals surface area contributed by atoms with Crippen molar-refractivity contribution in [2.45, 2.75) is 58.7 Å². The molecule has 25 heavy (non-hydrogen) atoms. The number of hydrogen-bond donors (Lipinski definition) is 1. The quantitative estimate of drug-likeness (QED) is 0.844. The van der Waals surface area contributed by atoms with Gasteiger partial charge in [0, 0.05) is 6.04 Å². The maximum atomic E-state index is 13.3. The summed E-state index contributed by atoms with van der Waals surface area (Å²) in [6.45, 7) is 9.16. The Balaban J connectivity index is 2.35. The van der Waals surface area contributed by atoms with E-state index in [1.165, 1.54) is 12.1 Å². The van der Waals surface area contributed by atoms with Gasteiger partial charge in [-0.1, -0.05) is 12.1 Å². The summed E-state index contributed by atoms with van der Waals surface area (Å²) in [5.41, 5.74) is -0.889. The van der Waals surface area contributed by atoms with Crippen LogP contribution in [0.3, 0.4) is 0 Å². The molecule has 1 saturated heterocycles. The molecule has 3 atom stereocenters. The van der Waals surface area contributed by atoms with E-state index in [0.717, 1.165) is 5.56 Å². The minimum atomic E-state index is -0.970. The van der Waals surface area contributed by atoms with Crippen molar-refractivity contribution in [3.63, 3.8) is 0 Å². The lowest BCUT2D eigenvalue weighted by molar-refractivity contribution is -0.167. The first-order chi connectivity index (χ1) is 11.6. The van der Waals surface area contributed by atoms with Gasteiger partial charge in [-0.2, -0.15) is 0 Å². The fraction of sp³-hybridized carbons (Fsp3) is 0.579. The van der Waals surface area contributed by atoms with Crippen molar-refractivity contribution in [2.75, 3.05) is 6.61 Å². The van der Waals surface area contributed by atoms with E-state index < -0.39 is 35.0 Å². The second kappa shape index (κ2) is 7.12. The molecule has 0 saturated carbocycles. The van der Waals surface area contributed by atoms with Gasteiger partial charge in [-0.15, -0.1) is 0 Å². The van der Waals surface area contributed by atoms with E-state index >= 15 is 0 Å². The molecule has 0 bridgehead atoms. The summed E-state index contributed by atoms with van der Waals surface area (Å²) in [5, 5.41) is 3.17. The molecule has 0 amide bonds. The van der Waals surface area contributed by atoms with Gasteiger partial charge in [0.1, 0.15) is 17.5 Å². The molecule has 2 rings (SSSR count). The molecular formula is C19H26FNO4. The Hall–Kier alpha value is -1.95. The monoisotopic (exact) mass is 351 g/mol. The standard InChI is InChI=1S/C19H26FNO4/c1-6-24-16(22)14-11-19(5,17(23)25-18(2,3)4)15(21-14)12-7-9-13(20)10-8-12/h7-10,14-15,21H,6,11H2,1-5H3/t14-,15-,19-/m0/s1. The molecule has 1 aromatic carbocycles. The van der Waals surface area contributed by atoms with Crippen molar-refractivity contribution < 1.29 is 23.5 Å². The number of carbonyl (C=O) groups is 2. The number of esters is 2. The van der Waals surface area contributed by atoms with Gasteiger partial charge in [-0.05, 0) is 58.7 Å². The largest absolute Gasteiger partial charge is 0.465 e. The number of rotatable bonds is 4. The van der Waals surface area contributed by atoms with Crippen LogP contribution in [0.1, 0.15) is 52.6 Å². The molecule has 1 heterocycles. The first-order valence-electron chi connectivity index (χ1n) is 8.48. The summed E-state index contributed by atoms with van der Waals surface area (Å²) in [5.74, 6) is -1.15. The number of hydrogen-bond acceptors (Lipinski definition) is 5. The van der Waals surface area contributed by atoms with Crippen LogP contribution in [0, 0.1) is 11.2 Å². The lowest BCUT2D eigenvalue weighted by atomic mass is 9.78. The minimum Gasteiger partial charge on any atom is -0.465 e. The molecule has 138 valence electrons. The predicted octanol–water partition coefficient (Wildman–Crippen LogP) is 3.14. The maximum Gasteiger partial charge on any atom is 0.323 e. The fourth-order valence-electron chi connectivity index (χ4n) is 3.10. The number of ether oxygens (including phenoxy) is 2. The average molecular weight is 351 g/mol. The third-order valence-corrected chi connectivity index (χ3v) is 4.27. The van der Waals surface area contributed by atoms with Crippen LogP contribution in [-0.4, -0.2) is 30.2 Å². The van der Waals surface area contributed by atoms with Gasteiger partial charge in [0.05, 0.1) is 12.0 Å². The second-order valence-corrected chi connectivity index (χ2v) is 7.58. The molecule has 0 unspecified atom stereocenters. The van der Waals surface area contributed by atoms with Gasteiger partial charge in [0.2, 0.25) is 0 Å². The zero-order chi connectivity index (χ0) is 18.8. The molecule has 1 aliphatic heterocycles. The fourth-order valence-corrected chi connectivity index (χ4v) is 3.10. The number of nitrogens with one attached hydrogen (secondary N) is 1. The van der Waals surface area contributed by atoms with Crippen LogP contribution in [0.15, 0.2) is 24.3 Å². The third-order valence-electron chi connectivity index (χ3n) is 4.27. The molecule has 1 N–H and O–H groups in total. The smallest absolute Gasteiger partial charge is 0.323 e. The van der Waals surface area contributed by atoms with Crippen molar-refractivity contribution in [1.82, 2.24) is 5.32 Å². The van der Waals surface area contributed by atoms with E-state index in [-0.39, 0.29) is 18.8 Å².